The lowest BCUT2D eigenvalue weighted by Crippen LogP contribution is -2.36. The van der Waals surface area contributed by atoms with Crippen molar-refractivity contribution in [2.75, 3.05) is 15.7 Å². The lowest BCUT2D eigenvalue weighted by Gasteiger charge is -2.22. The number of nitrogens with two attached hydrogens (primary N) is 1. The highest BCUT2D eigenvalue weighted by molar-refractivity contribution is 8.10. The van der Waals surface area contributed by atoms with Gasteiger partial charge in [0.1, 0.15) is 4.21 Å². The van der Waals surface area contributed by atoms with Gasteiger partial charge in [0.25, 0.3) is 10.0 Å². The Bertz CT molecular complexity index is 811. The fourth-order valence-electron chi connectivity index (χ4n) is 1.63. The van der Waals surface area contributed by atoms with Gasteiger partial charge >= 0.3 is 0 Å². The summed E-state index contributed by atoms with van der Waals surface area (Å²) in [4.78, 5) is 0. The van der Waals surface area contributed by atoms with E-state index in [9.17, 15) is 16.8 Å². The number of hydrogen-bond donors (Lipinski definition) is 1. The minimum atomic E-state index is -4.21. The first-order chi connectivity index (χ1) is 9.24. The fraction of sp³-hybridized carbons (Fsp3) is 0.0909. The van der Waals surface area contributed by atoms with Crippen molar-refractivity contribution in [3.63, 3.8) is 0 Å². The first-order valence-corrected chi connectivity index (χ1v) is 9.55. The lowest BCUT2D eigenvalue weighted by molar-refractivity contribution is 0.588. The third-order valence-electron chi connectivity index (χ3n) is 2.40. The van der Waals surface area contributed by atoms with Crippen molar-refractivity contribution < 1.29 is 16.8 Å². The van der Waals surface area contributed by atoms with Crippen LogP contribution >= 0.6 is 11.3 Å². The molecule has 0 spiro atoms. The van der Waals surface area contributed by atoms with Crippen LogP contribution in [0.3, 0.4) is 0 Å². The van der Waals surface area contributed by atoms with Crippen molar-refractivity contribution >= 4 is 42.8 Å². The number of rotatable bonds is 4. The van der Waals surface area contributed by atoms with Crippen molar-refractivity contribution in [3.05, 3.63) is 41.8 Å². The van der Waals surface area contributed by atoms with Crippen LogP contribution in [0.15, 0.2) is 46.0 Å². The van der Waals surface area contributed by atoms with Gasteiger partial charge in [-0.15, -0.1) is 11.3 Å². The van der Waals surface area contributed by atoms with Gasteiger partial charge in [0.2, 0.25) is 10.0 Å². The molecular formula is C11H12N2O4S3. The monoisotopic (exact) mass is 332 g/mol. The molecule has 20 heavy (non-hydrogen) atoms. The third kappa shape index (κ3) is 2.65. The molecule has 1 aromatic carbocycles. The van der Waals surface area contributed by atoms with E-state index < -0.39 is 20.0 Å². The highest BCUT2D eigenvalue weighted by Gasteiger charge is 2.34. The average Bonchev–Trinajstić information content (AvgIpc) is 2.84. The lowest BCUT2D eigenvalue weighted by atomic mass is 10.3. The molecule has 2 aromatic rings. The molecule has 0 saturated carbocycles. The molecule has 2 rings (SSSR count). The normalized spacial score (nSPS) is 12.2. The molecule has 9 heteroatoms. The zero-order valence-corrected chi connectivity index (χ0v) is 12.9. The molecule has 2 N–H and O–H groups in total. The van der Waals surface area contributed by atoms with Gasteiger partial charge in [-0.25, -0.2) is 8.42 Å². The second-order valence-corrected chi connectivity index (χ2v) is 8.98. The van der Waals surface area contributed by atoms with Crippen LogP contribution in [0.5, 0.6) is 0 Å². The number of sulfonamides is 2. The number of benzene rings is 1. The maximum absolute atomic E-state index is 12.5. The molecule has 0 bridgehead atoms. The summed E-state index contributed by atoms with van der Waals surface area (Å²) in [7, 11) is -8.26. The fourth-order valence-corrected chi connectivity index (χ4v) is 6.13. The van der Waals surface area contributed by atoms with Gasteiger partial charge in [0.15, 0.2) is 0 Å². The Hall–Kier alpha value is -1.58. The van der Waals surface area contributed by atoms with E-state index in [4.69, 9.17) is 5.73 Å². The summed E-state index contributed by atoms with van der Waals surface area (Å²) in [6.07, 6.45) is 0.824. The van der Waals surface area contributed by atoms with E-state index in [2.05, 4.69) is 0 Å². The Labute approximate surface area is 121 Å². The molecule has 0 amide bonds. The van der Waals surface area contributed by atoms with Crippen molar-refractivity contribution in [1.82, 2.24) is 0 Å². The van der Waals surface area contributed by atoms with Crippen LogP contribution in [-0.2, 0) is 20.0 Å². The zero-order valence-electron chi connectivity index (χ0n) is 10.4. The number of hydrogen-bond acceptors (Lipinski definition) is 6. The molecular weight excluding hydrogens is 320 g/mol. The van der Waals surface area contributed by atoms with Crippen LogP contribution in [0.25, 0.3) is 0 Å². The van der Waals surface area contributed by atoms with Crippen molar-refractivity contribution in [2.24, 2.45) is 0 Å². The van der Waals surface area contributed by atoms with Crippen LogP contribution < -0.4 is 9.44 Å². The van der Waals surface area contributed by atoms with Gasteiger partial charge in [0.05, 0.1) is 17.6 Å². The Balaban J connectivity index is 2.72. The van der Waals surface area contributed by atoms with Crippen LogP contribution in [0.4, 0.5) is 11.4 Å². The Morgan fingerprint density at radius 2 is 1.70 bits per heavy atom. The Kier molecular flexibility index (Phi) is 3.76. The average molecular weight is 332 g/mol. The standard InChI is InChI=1S/C11H12N2O4S3/c1-19(14,15)13(10-6-3-2-5-9(10)12)20(16,17)11-7-4-8-18-11/h2-8H,12H2,1H3. The summed E-state index contributed by atoms with van der Waals surface area (Å²) in [5.41, 5.74) is 5.69. The van der Waals surface area contributed by atoms with E-state index in [1.165, 1.54) is 30.3 Å². The molecule has 108 valence electrons. The summed E-state index contributed by atoms with van der Waals surface area (Å²) in [5, 5.41) is 1.56. The summed E-state index contributed by atoms with van der Waals surface area (Å²) < 4.78 is 49.1. The van der Waals surface area contributed by atoms with E-state index in [-0.39, 0.29) is 15.6 Å². The van der Waals surface area contributed by atoms with Gasteiger partial charge in [-0.3, -0.25) is 0 Å². The molecule has 0 unspecified atom stereocenters. The summed E-state index contributed by atoms with van der Waals surface area (Å²) in [6, 6.07) is 8.79. The quantitative estimate of drug-likeness (QED) is 0.855. The molecule has 1 heterocycles. The zero-order chi connectivity index (χ0) is 15.0. The largest absolute Gasteiger partial charge is 0.397 e. The smallest absolute Gasteiger partial charge is 0.286 e. The van der Waals surface area contributed by atoms with Crippen LogP contribution in [-0.4, -0.2) is 23.1 Å². The maximum atomic E-state index is 12.5. The Morgan fingerprint density at radius 1 is 1.05 bits per heavy atom. The minimum absolute atomic E-state index is 0.0637. The summed E-state index contributed by atoms with van der Waals surface area (Å²) >= 11 is 0.940. The SMILES string of the molecule is CS(=O)(=O)N(c1ccccc1N)S(=O)(=O)c1cccs1. The molecule has 0 saturated heterocycles. The summed E-state index contributed by atoms with van der Waals surface area (Å²) in [6.45, 7) is 0. The maximum Gasteiger partial charge on any atom is 0.286 e. The van der Waals surface area contributed by atoms with Gasteiger partial charge in [0, 0.05) is 0 Å². The molecule has 0 radical (unpaired) electrons. The minimum Gasteiger partial charge on any atom is -0.397 e. The predicted molar refractivity (Wildman–Crippen MR) is 79.7 cm³/mol. The molecule has 0 atom stereocenters. The van der Waals surface area contributed by atoms with E-state index in [0.717, 1.165) is 17.6 Å². The van der Waals surface area contributed by atoms with E-state index in [0.29, 0.717) is 3.71 Å². The predicted octanol–water partition coefficient (Wildman–Crippen LogP) is 1.49. The van der Waals surface area contributed by atoms with Crippen molar-refractivity contribution in [1.29, 1.82) is 0 Å². The first-order valence-electron chi connectivity index (χ1n) is 5.38. The summed E-state index contributed by atoms with van der Waals surface area (Å²) in [5.74, 6) is 0. The van der Waals surface area contributed by atoms with Crippen molar-refractivity contribution in [3.8, 4) is 0 Å². The first kappa shape index (κ1) is 14.8. The van der Waals surface area contributed by atoms with Crippen LogP contribution in [0.2, 0.25) is 0 Å². The molecule has 0 aliphatic carbocycles. The molecule has 0 aliphatic heterocycles. The van der Waals surface area contributed by atoms with E-state index >= 15 is 0 Å². The number of anilines is 2. The molecule has 6 nitrogen and oxygen atoms in total. The number of thiophene rings is 1. The van der Waals surface area contributed by atoms with Crippen molar-refractivity contribution in [2.45, 2.75) is 4.21 Å². The Morgan fingerprint density at radius 3 is 2.20 bits per heavy atom. The molecule has 0 fully saturated rings. The van der Waals surface area contributed by atoms with E-state index in [1.54, 1.807) is 11.4 Å². The number of nitrogens with zero attached hydrogens (tertiary/aromatic N) is 1. The highest BCUT2D eigenvalue weighted by atomic mass is 32.3. The molecule has 1 aromatic heterocycles. The number of nitrogen functional groups attached to an aromatic ring is 1. The second-order valence-electron chi connectivity index (χ2n) is 3.96. The van der Waals surface area contributed by atoms with Crippen LogP contribution in [0, 0.1) is 0 Å². The van der Waals surface area contributed by atoms with Gasteiger partial charge in [-0.2, -0.15) is 12.1 Å². The third-order valence-corrected chi connectivity index (χ3v) is 7.46. The van der Waals surface area contributed by atoms with Gasteiger partial charge in [-0.05, 0) is 23.6 Å². The second kappa shape index (κ2) is 5.08. The van der Waals surface area contributed by atoms with E-state index in [1.807, 2.05) is 0 Å². The molecule has 0 aliphatic rings. The van der Waals surface area contributed by atoms with Crippen LogP contribution in [0.1, 0.15) is 0 Å². The topological polar surface area (TPSA) is 97.5 Å². The number of para-hydroxylation sites is 2. The van der Waals surface area contributed by atoms with Gasteiger partial charge < -0.3 is 5.73 Å². The van der Waals surface area contributed by atoms with Gasteiger partial charge in [-0.1, -0.05) is 18.2 Å². The highest BCUT2D eigenvalue weighted by Crippen LogP contribution is 2.32.